The van der Waals surface area contributed by atoms with Crippen molar-refractivity contribution in [1.29, 1.82) is 0 Å². The van der Waals surface area contributed by atoms with Crippen molar-refractivity contribution < 1.29 is 0 Å². The van der Waals surface area contributed by atoms with E-state index in [4.69, 9.17) is 0 Å². The van der Waals surface area contributed by atoms with E-state index < -0.39 is 0 Å². The molecular weight excluding hydrogens is 328 g/mol. The molecule has 0 spiro atoms. The third-order valence-electron chi connectivity index (χ3n) is 3.97. The normalized spacial score (nSPS) is 11.6. The number of benzene rings is 2. The van der Waals surface area contributed by atoms with Gasteiger partial charge in [-0.15, -0.1) is 11.3 Å². The standard InChI is InChI=1S/C20H24N4S/c1-21-20(23-15-13-16-8-3-2-4-9-16)22-14-7-12-19-24-17-10-5-6-11-18(17)25-19/h2-6,8-11H,7,12-15H2,1H3,(H2,21,22,23). The molecular formula is C20H24N4S. The van der Waals surface area contributed by atoms with Crippen LogP contribution in [0.2, 0.25) is 0 Å². The predicted octanol–water partition coefficient (Wildman–Crippen LogP) is 3.64. The average Bonchev–Trinajstić information content (AvgIpc) is 3.07. The Bertz CT molecular complexity index is 778. The Morgan fingerprint density at radius 3 is 2.52 bits per heavy atom. The van der Waals surface area contributed by atoms with Gasteiger partial charge in [-0.05, 0) is 30.5 Å². The van der Waals surface area contributed by atoms with Crippen LogP contribution < -0.4 is 10.6 Å². The van der Waals surface area contributed by atoms with Crippen molar-refractivity contribution in [1.82, 2.24) is 15.6 Å². The third kappa shape index (κ3) is 5.29. The number of nitrogens with zero attached hydrogens (tertiary/aromatic N) is 2. The molecule has 0 aliphatic heterocycles. The fourth-order valence-corrected chi connectivity index (χ4v) is 3.67. The van der Waals surface area contributed by atoms with Crippen molar-refractivity contribution in [2.45, 2.75) is 19.3 Å². The molecule has 2 aromatic carbocycles. The summed E-state index contributed by atoms with van der Waals surface area (Å²) in [5.74, 6) is 0.861. The molecule has 0 radical (unpaired) electrons. The van der Waals surface area contributed by atoms with Gasteiger partial charge in [-0.2, -0.15) is 0 Å². The van der Waals surface area contributed by atoms with Gasteiger partial charge in [-0.3, -0.25) is 4.99 Å². The van der Waals surface area contributed by atoms with Gasteiger partial charge in [0.2, 0.25) is 0 Å². The smallest absolute Gasteiger partial charge is 0.190 e. The number of hydrogen-bond acceptors (Lipinski definition) is 3. The molecule has 5 heteroatoms. The molecule has 0 atom stereocenters. The van der Waals surface area contributed by atoms with Gasteiger partial charge < -0.3 is 10.6 Å². The minimum atomic E-state index is 0.861. The number of thiazole rings is 1. The van der Waals surface area contributed by atoms with Gasteiger partial charge in [-0.25, -0.2) is 4.98 Å². The molecule has 0 bridgehead atoms. The summed E-state index contributed by atoms with van der Waals surface area (Å²) in [6.07, 6.45) is 3.03. The number of nitrogens with one attached hydrogen (secondary N) is 2. The van der Waals surface area contributed by atoms with Crippen molar-refractivity contribution in [2.24, 2.45) is 4.99 Å². The summed E-state index contributed by atoms with van der Waals surface area (Å²) in [5, 5.41) is 7.94. The van der Waals surface area contributed by atoms with Crippen LogP contribution in [0.1, 0.15) is 17.0 Å². The van der Waals surface area contributed by atoms with Crippen LogP contribution in [0, 0.1) is 0 Å². The Morgan fingerprint density at radius 1 is 0.960 bits per heavy atom. The van der Waals surface area contributed by atoms with Crippen molar-refractivity contribution in [3.63, 3.8) is 0 Å². The quantitative estimate of drug-likeness (QED) is 0.388. The van der Waals surface area contributed by atoms with Crippen molar-refractivity contribution in [3.8, 4) is 0 Å². The lowest BCUT2D eigenvalue weighted by Crippen LogP contribution is -2.38. The van der Waals surface area contributed by atoms with Crippen LogP contribution in [-0.4, -0.2) is 31.1 Å². The van der Waals surface area contributed by atoms with Gasteiger partial charge >= 0.3 is 0 Å². The van der Waals surface area contributed by atoms with E-state index in [1.54, 1.807) is 11.3 Å². The maximum absolute atomic E-state index is 4.68. The SMILES string of the molecule is CN=C(NCCCc1nc2ccccc2s1)NCCc1ccccc1. The first-order valence-electron chi connectivity index (χ1n) is 8.68. The molecule has 0 aliphatic rings. The van der Waals surface area contributed by atoms with Gasteiger partial charge in [0, 0.05) is 26.6 Å². The van der Waals surface area contributed by atoms with Crippen LogP contribution in [0.5, 0.6) is 0 Å². The Balaban J connectivity index is 1.36. The van der Waals surface area contributed by atoms with E-state index in [2.05, 4.69) is 63.1 Å². The first-order chi connectivity index (χ1) is 12.3. The van der Waals surface area contributed by atoms with E-state index in [-0.39, 0.29) is 0 Å². The maximum Gasteiger partial charge on any atom is 0.190 e. The van der Waals surface area contributed by atoms with Crippen LogP contribution in [-0.2, 0) is 12.8 Å². The van der Waals surface area contributed by atoms with Crippen LogP contribution in [0.25, 0.3) is 10.2 Å². The molecule has 0 amide bonds. The van der Waals surface area contributed by atoms with Crippen molar-refractivity contribution in [2.75, 3.05) is 20.1 Å². The molecule has 1 aromatic heterocycles. The molecule has 0 saturated carbocycles. The first kappa shape index (κ1) is 17.4. The van der Waals surface area contributed by atoms with E-state index in [1.165, 1.54) is 15.3 Å². The average molecular weight is 353 g/mol. The zero-order valence-electron chi connectivity index (χ0n) is 14.5. The molecule has 3 aromatic rings. The van der Waals surface area contributed by atoms with E-state index in [1.807, 2.05) is 19.2 Å². The lowest BCUT2D eigenvalue weighted by atomic mass is 10.1. The number of hydrogen-bond donors (Lipinski definition) is 2. The largest absolute Gasteiger partial charge is 0.356 e. The fraction of sp³-hybridized carbons (Fsp3) is 0.300. The lowest BCUT2D eigenvalue weighted by Gasteiger charge is -2.11. The highest BCUT2D eigenvalue weighted by Crippen LogP contribution is 2.22. The molecule has 2 N–H and O–H groups in total. The maximum atomic E-state index is 4.68. The summed E-state index contributed by atoms with van der Waals surface area (Å²) in [6.45, 7) is 1.77. The Labute approximate surface area is 153 Å². The highest BCUT2D eigenvalue weighted by Gasteiger charge is 2.03. The molecule has 4 nitrogen and oxygen atoms in total. The summed E-state index contributed by atoms with van der Waals surface area (Å²) in [4.78, 5) is 8.96. The molecule has 25 heavy (non-hydrogen) atoms. The van der Waals surface area contributed by atoms with Crippen molar-refractivity contribution >= 4 is 27.5 Å². The molecule has 0 unspecified atom stereocenters. The molecule has 130 valence electrons. The highest BCUT2D eigenvalue weighted by atomic mass is 32.1. The van der Waals surface area contributed by atoms with Crippen molar-refractivity contribution in [3.05, 3.63) is 65.2 Å². The van der Waals surface area contributed by atoms with E-state index in [9.17, 15) is 0 Å². The summed E-state index contributed by atoms with van der Waals surface area (Å²) in [5.41, 5.74) is 2.44. The molecule has 1 heterocycles. The van der Waals surface area contributed by atoms with Gasteiger partial charge in [-0.1, -0.05) is 42.5 Å². The van der Waals surface area contributed by atoms with Crippen LogP contribution >= 0.6 is 11.3 Å². The van der Waals surface area contributed by atoms with Crippen LogP contribution in [0.15, 0.2) is 59.6 Å². The number of aliphatic imine (C=N–C) groups is 1. The predicted molar refractivity (Wildman–Crippen MR) is 107 cm³/mol. The molecule has 0 saturated heterocycles. The molecule has 0 fully saturated rings. The first-order valence-corrected chi connectivity index (χ1v) is 9.50. The Hall–Kier alpha value is -2.40. The summed E-state index contributed by atoms with van der Waals surface area (Å²) >= 11 is 1.79. The monoisotopic (exact) mass is 352 g/mol. The minimum absolute atomic E-state index is 0.861. The second-order valence-corrected chi connectivity index (χ2v) is 6.96. The second kappa shape index (κ2) is 9.18. The van der Waals surface area contributed by atoms with E-state index >= 15 is 0 Å². The molecule has 3 rings (SSSR count). The second-order valence-electron chi connectivity index (χ2n) is 5.84. The molecule has 0 aliphatic carbocycles. The lowest BCUT2D eigenvalue weighted by molar-refractivity contribution is 0.737. The van der Waals surface area contributed by atoms with E-state index in [0.29, 0.717) is 0 Å². The van der Waals surface area contributed by atoms with E-state index in [0.717, 1.165) is 43.8 Å². The number of guanidine groups is 1. The highest BCUT2D eigenvalue weighted by molar-refractivity contribution is 7.18. The number of rotatable bonds is 7. The minimum Gasteiger partial charge on any atom is -0.356 e. The van der Waals surface area contributed by atoms with Gasteiger partial charge in [0.1, 0.15) is 0 Å². The number of aromatic nitrogens is 1. The summed E-state index contributed by atoms with van der Waals surface area (Å²) in [6, 6.07) is 18.8. The zero-order valence-corrected chi connectivity index (χ0v) is 15.4. The Kier molecular flexibility index (Phi) is 6.40. The van der Waals surface area contributed by atoms with Crippen LogP contribution in [0.4, 0.5) is 0 Å². The van der Waals surface area contributed by atoms with Crippen LogP contribution in [0.3, 0.4) is 0 Å². The zero-order chi connectivity index (χ0) is 17.3. The van der Waals surface area contributed by atoms with Gasteiger partial charge in [0.25, 0.3) is 0 Å². The fourth-order valence-electron chi connectivity index (χ4n) is 2.66. The summed E-state index contributed by atoms with van der Waals surface area (Å²) in [7, 11) is 1.81. The number of para-hydroxylation sites is 1. The number of fused-ring (bicyclic) bond motifs is 1. The van der Waals surface area contributed by atoms with Gasteiger partial charge in [0.05, 0.1) is 15.2 Å². The third-order valence-corrected chi connectivity index (χ3v) is 5.07. The topological polar surface area (TPSA) is 49.3 Å². The van der Waals surface area contributed by atoms with Gasteiger partial charge in [0.15, 0.2) is 5.96 Å². The Morgan fingerprint density at radius 2 is 1.72 bits per heavy atom. The number of aryl methyl sites for hydroxylation is 1. The summed E-state index contributed by atoms with van der Waals surface area (Å²) < 4.78 is 1.27.